The van der Waals surface area contributed by atoms with E-state index in [1.165, 1.54) is 0 Å². The Morgan fingerprint density at radius 2 is 1.87 bits per heavy atom. The molecule has 1 N–H and O–H groups in total. The summed E-state index contributed by atoms with van der Waals surface area (Å²) in [5.74, 6) is 0.241. The summed E-state index contributed by atoms with van der Waals surface area (Å²) < 4.78 is 0. The van der Waals surface area contributed by atoms with Crippen LogP contribution in [0.2, 0.25) is 0 Å². The van der Waals surface area contributed by atoms with Crippen molar-refractivity contribution in [2.45, 2.75) is 0 Å². The lowest BCUT2D eigenvalue weighted by atomic mass is 10.1. The van der Waals surface area contributed by atoms with Gasteiger partial charge in [0.25, 0.3) is 0 Å². The fraction of sp³-hybridized carbons (Fsp3) is 0. The normalized spacial score (nSPS) is 9.87. The maximum absolute atomic E-state index is 9.15. The van der Waals surface area contributed by atoms with E-state index in [9.17, 15) is 0 Å². The van der Waals surface area contributed by atoms with Crippen molar-refractivity contribution < 1.29 is 5.11 Å². The maximum atomic E-state index is 9.15. The topological polar surface area (TPSA) is 46.0 Å². The number of hydrogen-bond acceptors (Lipinski definition) is 3. The van der Waals surface area contributed by atoms with E-state index in [-0.39, 0.29) is 5.75 Å². The summed E-state index contributed by atoms with van der Waals surface area (Å²) in [5, 5.41) is 9.15. The van der Waals surface area contributed by atoms with Crippen molar-refractivity contribution in [3.8, 4) is 5.75 Å². The lowest BCUT2D eigenvalue weighted by Gasteiger charge is -2.04. The third-order valence-electron chi connectivity index (χ3n) is 2.09. The molecule has 0 amide bonds. The molecule has 1 aromatic heterocycles. The summed E-state index contributed by atoms with van der Waals surface area (Å²) in [6.45, 7) is 3.94. The molecular weight excluding hydrogens is 188 g/mol. The Morgan fingerprint density at radius 3 is 2.47 bits per heavy atom. The largest absolute Gasteiger partial charge is 0.508 e. The van der Waals surface area contributed by atoms with Gasteiger partial charge in [0, 0.05) is 18.0 Å². The number of aromatic hydroxyl groups is 1. The van der Waals surface area contributed by atoms with Gasteiger partial charge in [0.05, 0.1) is 11.9 Å². The lowest BCUT2D eigenvalue weighted by molar-refractivity contribution is 0.475. The summed E-state index contributed by atoms with van der Waals surface area (Å²) in [4.78, 5) is 8.13. The highest BCUT2D eigenvalue weighted by Gasteiger charge is 2.02. The zero-order valence-electron chi connectivity index (χ0n) is 8.09. The number of phenols is 1. The van der Waals surface area contributed by atoms with Crippen molar-refractivity contribution in [1.29, 1.82) is 0 Å². The predicted molar refractivity (Wildman–Crippen MR) is 58.3 cm³/mol. The van der Waals surface area contributed by atoms with Crippen LogP contribution >= 0.6 is 0 Å². The molecule has 0 spiro atoms. The average Bonchev–Trinajstić information content (AvgIpc) is 2.30. The van der Waals surface area contributed by atoms with E-state index in [4.69, 9.17) is 5.11 Å². The molecule has 2 aromatic rings. The first-order valence-electron chi connectivity index (χ1n) is 4.52. The van der Waals surface area contributed by atoms with Gasteiger partial charge in [0.1, 0.15) is 5.75 Å². The molecule has 1 aromatic carbocycles. The predicted octanol–water partition coefficient (Wildman–Crippen LogP) is 2.24. The molecule has 0 aliphatic carbocycles. The van der Waals surface area contributed by atoms with Gasteiger partial charge >= 0.3 is 0 Å². The quantitative estimate of drug-likeness (QED) is 0.804. The molecule has 0 bridgehead atoms. The standard InChI is InChI=1S/C12H10N2O/c1-9(12-8-13-6-7-14-12)10-2-4-11(15)5-3-10/h2-8,15H,1H2. The van der Waals surface area contributed by atoms with E-state index in [1.807, 2.05) is 0 Å². The van der Waals surface area contributed by atoms with Gasteiger partial charge in [-0.05, 0) is 17.7 Å². The molecule has 3 heteroatoms. The third kappa shape index (κ3) is 2.02. The lowest BCUT2D eigenvalue weighted by Crippen LogP contribution is -1.90. The van der Waals surface area contributed by atoms with Gasteiger partial charge < -0.3 is 5.11 Å². The molecule has 3 nitrogen and oxygen atoms in total. The van der Waals surface area contributed by atoms with E-state index >= 15 is 0 Å². The van der Waals surface area contributed by atoms with Crippen molar-refractivity contribution >= 4 is 5.57 Å². The van der Waals surface area contributed by atoms with Gasteiger partial charge in [-0.25, -0.2) is 0 Å². The van der Waals surface area contributed by atoms with E-state index < -0.39 is 0 Å². The summed E-state index contributed by atoms with van der Waals surface area (Å²) in [6, 6.07) is 6.84. The van der Waals surface area contributed by atoms with E-state index in [0.29, 0.717) is 0 Å². The van der Waals surface area contributed by atoms with Crippen molar-refractivity contribution in [1.82, 2.24) is 9.97 Å². The van der Waals surface area contributed by atoms with Crippen LogP contribution in [-0.4, -0.2) is 15.1 Å². The molecule has 15 heavy (non-hydrogen) atoms. The Hall–Kier alpha value is -2.16. The zero-order valence-corrected chi connectivity index (χ0v) is 8.09. The molecule has 0 radical (unpaired) electrons. The first kappa shape index (κ1) is 9.40. The van der Waals surface area contributed by atoms with E-state index in [2.05, 4.69) is 16.5 Å². The minimum Gasteiger partial charge on any atom is -0.508 e. The second-order valence-electron chi connectivity index (χ2n) is 3.12. The summed E-state index contributed by atoms with van der Waals surface area (Å²) in [5.41, 5.74) is 2.46. The van der Waals surface area contributed by atoms with Crippen molar-refractivity contribution in [2.75, 3.05) is 0 Å². The zero-order chi connectivity index (χ0) is 10.7. The third-order valence-corrected chi connectivity index (χ3v) is 2.09. The smallest absolute Gasteiger partial charge is 0.115 e. The van der Waals surface area contributed by atoms with Crippen LogP contribution in [0.3, 0.4) is 0 Å². The maximum Gasteiger partial charge on any atom is 0.115 e. The number of rotatable bonds is 2. The summed E-state index contributed by atoms with van der Waals surface area (Å²) in [6.07, 6.45) is 4.91. The highest BCUT2D eigenvalue weighted by atomic mass is 16.3. The minimum atomic E-state index is 0.241. The van der Waals surface area contributed by atoms with Gasteiger partial charge in [-0.3, -0.25) is 9.97 Å². The highest BCUT2D eigenvalue weighted by molar-refractivity contribution is 5.75. The molecule has 0 aliphatic heterocycles. The van der Waals surface area contributed by atoms with Crippen LogP contribution in [0.15, 0.2) is 49.4 Å². The number of hydrogen-bond donors (Lipinski definition) is 1. The van der Waals surface area contributed by atoms with Crippen LogP contribution in [0.5, 0.6) is 5.75 Å². The number of aromatic nitrogens is 2. The summed E-state index contributed by atoms with van der Waals surface area (Å²) >= 11 is 0. The first-order chi connectivity index (χ1) is 7.27. The molecule has 2 rings (SSSR count). The van der Waals surface area contributed by atoms with Crippen molar-refractivity contribution in [2.24, 2.45) is 0 Å². The van der Waals surface area contributed by atoms with Crippen LogP contribution < -0.4 is 0 Å². The fourth-order valence-electron chi connectivity index (χ4n) is 1.27. The Bertz CT molecular complexity index is 463. The van der Waals surface area contributed by atoms with Gasteiger partial charge in [-0.1, -0.05) is 18.7 Å². The molecule has 1 heterocycles. The molecule has 74 valence electrons. The van der Waals surface area contributed by atoms with Crippen molar-refractivity contribution in [3.63, 3.8) is 0 Å². The van der Waals surface area contributed by atoms with Gasteiger partial charge in [0.2, 0.25) is 0 Å². The molecular formula is C12H10N2O. The first-order valence-corrected chi connectivity index (χ1v) is 4.52. The van der Waals surface area contributed by atoms with Gasteiger partial charge in [0.15, 0.2) is 0 Å². The van der Waals surface area contributed by atoms with Crippen molar-refractivity contribution in [3.05, 3.63) is 60.7 Å². The second-order valence-corrected chi connectivity index (χ2v) is 3.12. The number of benzene rings is 1. The molecule has 0 saturated heterocycles. The molecule has 0 fully saturated rings. The fourth-order valence-corrected chi connectivity index (χ4v) is 1.27. The minimum absolute atomic E-state index is 0.241. The second kappa shape index (κ2) is 3.92. The van der Waals surface area contributed by atoms with Crippen LogP contribution in [0.4, 0.5) is 0 Å². The Morgan fingerprint density at radius 1 is 1.13 bits per heavy atom. The molecule has 0 saturated carbocycles. The monoisotopic (exact) mass is 198 g/mol. The molecule has 0 atom stereocenters. The van der Waals surface area contributed by atoms with Crippen LogP contribution in [-0.2, 0) is 0 Å². The Kier molecular flexibility index (Phi) is 2.46. The molecule has 0 aliphatic rings. The molecule has 0 unspecified atom stereocenters. The Balaban J connectivity index is 2.33. The number of nitrogens with zero attached hydrogens (tertiary/aromatic N) is 2. The van der Waals surface area contributed by atoms with E-state index in [1.54, 1.807) is 42.9 Å². The van der Waals surface area contributed by atoms with Gasteiger partial charge in [-0.15, -0.1) is 0 Å². The van der Waals surface area contributed by atoms with Gasteiger partial charge in [-0.2, -0.15) is 0 Å². The SMILES string of the molecule is C=C(c1ccc(O)cc1)c1cnccn1. The Labute approximate surface area is 87.8 Å². The van der Waals surface area contributed by atoms with E-state index in [0.717, 1.165) is 16.8 Å². The summed E-state index contributed by atoms with van der Waals surface area (Å²) in [7, 11) is 0. The highest BCUT2D eigenvalue weighted by Crippen LogP contribution is 2.20. The van der Waals surface area contributed by atoms with Crippen LogP contribution in [0, 0.1) is 0 Å². The van der Waals surface area contributed by atoms with Crippen LogP contribution in [0.1, 0.15) is 11.3 Å². The number of phenolic OH excluding ortho intramolecular Hbond substituents is 1. The average molecular weight is 198 g/mol. The van der Waals surface area contributed by atoms with Crippen LogP contribution in [0.25, 0.3) is 5.57 Å².